The maximum Gasteiger partial charge on any atom is -0.00805 e. The molecular formula is C29H46. The maximum absolute atomic E-state index is 4.01. The van der Waals surface area contributed by atoms with Crippen LogP contribution in [0.5, 0.6) is 0 Å². The first-order valence-electron chi connectivity index (χ1n) is 11.9. The molecule has 4 rings (SSSR count). The minimum absolute atomic E-state index is 0.725. The normalized spacial score (nSPS) is 15.9. The molecule has 0 radical (unpaired) electrons. The average molecular weight is 395 g/mol. The molecule has 2 aromatic rings. The molecule has 2 aliphatic rings. The third-order valence-corrected chi connectivity index (χ3v) is 4.51. The summed E-state index contributed by atoms with van der Waals surface area (Å²) in [6.07, 6.45) is 9.90. The van der Waals surface area contributed by atoms with Gasteiger partial charge in [-0.15, -0.1) is 0 Å². The second-order valence-electron chi connectivity index (χ2n) is 5.47. The molecule has 2 unspecified atom stereocenters. The summed E-state index contributed by atoms with van der Waals surface area (Å²) in [5.41, 5.74) is 5.35. The number of rotatable bonds is 2. The van der Waals surface area contributed by atoms with Crippen molar-refractivity contribution in [2.45, 2.75) is 81.6 Å². The van der Waals surface area contributed by atoms with Crippen molar-refractivity contribution in [1.29, 1.82) is 0 Å². The van der Waals surface area contributed by atoms with Crippen molar-refractivity contribution in [2.75, 3.05) is 0 Å². The third kappa shape index (κ3) is 6.46. The molecular weight excluding hydrogens is 348 g/mol. The second-order valence-corrected chi connectivity index (χ2v) is 5.47. The fraction of sp³-hybridized carbons (Fsp3) is 0.448. The summed E-state index contributed by atoms with van der Waals surface area (Å²) >= 11 is 0. The molecule has 0 aliphatic heterocycles. The highest BCUT2D eigenvalue weighted by atomic mass is 14.4. The van der Waals surface area contributed by atoms with Gasteiger partial charge < -0.3 is 0 Å². The highest BCUT2D eigenvalue weighted by molar-refractivity contribution is 6.00. The number of hydrogen-bond donors (Lipinski definition) is 0. The largest absolute Gasteiger partial charge is 0.0984 e. The first-order chi connectivity index (χ1) is 14.3. The molecule has 1 fully saturated rings. The maximum atomic E-state index is 4.01. The summed E-state index contributed by atoms with van der Waals surface area (Å²) < 4.78 is 0. The Hall–Kier alpha value is -2.08. The van der Waals surface area contributed by atoms with Gasteiger partial charge in [0.25, 0.3) is 0 Å². The molecule has 0 saturated heterocycles. The van der Waals surface area contributed by atoms with E-state index in [1.165, 1.54) is 39.4 Å². The predicted octanol–water partition coefficient (Wildman–Crippen LogP) is 10.4. The zero-order valence-corrected chi connectivity index (χ0v) is 20.9. The van der Waals surface area contributed by atoms with Gasteiger partial charge in [0.05, 0.1) is 0 Å². The molecule has 162 valence electrons. The lowest BCUT2D eigenvalue weighted by Gasteiger charge is -2.19. The first-order valence-corrected chi connectivity index (χ1v) is 11.9. The van der Waals surface area contributed by atoms with E-state index in [1.54, 1.807) is 0 Å². The van der Waals surface area contributed by atoms with E-state index in [0.717, 1.165) is 11.8 Å². The molecule has 2 atom stereocenters. The quantitative estimate of drug-likeness (QED) is 0.475. The van der Waals surface area contributed by atoms with Crippen molar-refractivity contribution in [2.24, 2.45) is 5.92 Å². The van der Waals surface area contributed by atoms with Gasteiger partial charge in [-0.05, 0) is 51.3 Å². The molecule has 0 bridgehead atoms. The van der Waals surface area contributed by atoms with E-state index in [0.29, 0.717) is 0 Å². The topological polar surface area (TPSA) is 0 Å². The summed E-state index contributed by atoms with van der Waals surface area (Å²) in [7, 11) is 0. The van der Waals surface area contributed by atoms with Crippen LogP contribution < -0.4 is 0 Å². The van der Waals surface area contributed by atoms with Crippen molar-refractivity contribution in [3.63, 3.8) is 0 Å². The molecule has 1 saturated carbocycles. The summed E-state index contributed by atoms with van der Waals surface area (Å²) in [5, 5.41) is 2.71. The lowest BCUT2D eigenvalue weighted by atomic mass is 9.84. The molecule has 0 nitrogen and oxygen atoms in total. The lowest BCUT2D eigenvalue weighted by molar-refractivity contribution is 1.01. The Morgan fingerprint density at radius 2 is 1.21 bits per heavy atom. The Labute approximate surface area is 182 Å². The smallest absolute Gasteiger partial charge is 0.00805 e. The summed E-state index contributed by atoms with van der Waals surface area (Å²) in [6, 6.07) is 8.70. The monoisotopic (exact) mass is 394 g/mol. The molecule has 0 heterocycles. The Kier molecular flexibility index (Phi) is 16.9. The molecule has 0 heteroatoms. The number of hydrogen-bond acceptors (Lipinski definition) is 0. The van der Waals surface area contributed by atoms with Crippen LogP contribution in [-0.4, -0.2) is 0 Å². The van der Waals surface area contributed by atoms with E-state index < -0.39 is 0 Å². The van der Waals surface area contributed by atoms with Gasteiger partial charge in [0.15, 0.2) is 0 Å². The van der Waals surface area contributed by atoms with E-state index in [2.05, 4.69) is 49.6 Å². The molecule has 0 amide bonds. The lowest BCUT2D eigenvalue weighted by Crippen LogP contribution is -2.00. The van der Waals surface area contributed by atoms with Gasteiger partial charge in [-0.2, -0.15) is 0 Å². The van der Waals surface area contributed by atoms with Crippen molar-refractivity contribution in [1.82, 2.24) is 0 Å². The third-order valence-electron chi connectivity index (χ3n) is 4.51. The van der Waals surface area contributed by atoms with E-state index in [1.807, 2.05) is 81.4 Å². The van der Waals surface area contributed by atoms with Crippen LogP contribution in [0.15, 0.2) is 43.5 Å². The second kappa shape index (κ2) is 16.8. The first kappa shape index (κ1) is 29.1. The SMILES string of the molecule is C=Cc1c2c(c3ccccc3c1C=C)C1CC1C=C2.CC.CC.CC.CC.CC. The molecule has 29 heavy (non-hydrogen) atoms. The molecule has 2 aliphatic carbocycles. The van der Waals surface area contributed by atoms with Crippen LogP contribution in [0.4, 0.5) is 0 Å². The zero-order valence-electron chi connectivity index (χ0n) is 20.9. The fourth-order valence-corrected chi connectivity index (χ4v) is 3.53. The zero-order chi connectivity index (χ0) is 23.0. The van der Waals surface area contributed by atoms with E-state index >= 15 is 0 Å². The van der Waals surface area contributed by atoms with Gasteiger partial charge in [-0.3, -0.25) is 0 Å². The van der Waals surface area contributed by atoms with E-state index in [4.69, 9.17) is 0 Å². The van der Waals surface area contributed by atoms with Crippen molar-refractivity contribution >= 4 is 29.0 Å². The van der Waals surface area contributed by atoms with Crippen molar-refractivity contribution < 1.29 is 0 Å². The van der Waals surface area contributed by atoms with Crippen LogP contribution in [0.3, 0.4) is 0 Å². The fourth-order valence-electron chi connectivity index (χ4n) is 3.53. The molecule has 0 N–H and O–H groups in total. The summed E-state index contributed by atoms with van der Waals surface area (Å²) in [6.45, 7) is 28.0. The average Bonchev–Trinajstić information content (AvgIpc) is 3.64. The predicted molar refractivity (Wildman–Crippen MR) is 141 cm³/mol. The van der Waals surface area contributed by atoms with Gasteiger partial charge >= 0.3 is 0 Å². The summed E-state index contributed by atoms with van der Waals surface area (Å²) in [4.78, 5) is 0. The summed E-state index contributed by atoms with van der Waals surface area (Å²) in [5.74, 6) is 1.49. The Morgan fingerprint density at radius 3 is 1.69 bits per heavy atom. The standard InChI is InChI=1S/C19H16.5C2H6/c1-3-13-14(4-2)17-10-9-12-11-18(12)19(17)16-8-6-5-7-15(13)16;5*1-2/h3-10,12,18H,1-2,11H2;5*1-2H3. The van der Waals surface area contributed by atoms with Gasteiger partial charge in [0.1, 0.15) is 0 Å². The van der Waals surface area contributed by atoms with Crippen molar-refractivity contribution in [3.8, 4) is 0 Å². The molecule has 2 aromatic carbocycles. The highest BCUT2D eigenvalue weighted by Gasteiger charge is 2.41. The molecule has 0 spiro atoms. The minimum Gasteiger partial charge on any atom is -0.0984 e. The molecule has 0 aromatic heterocycles. The van der Waals surface area contributed by atoms with E-state index in [9.17, 15) is 0 Å². The van der Waals surface area contributed by atoms with E-state index in [-0.39, 0.29) is 0 Å². The van der Waals surface area contributed by atoms with Crippen LogP contribution in [0.2, 0.25) is 0 Å². The van der Waals surface area contributed by atoms with Gasteiger partial charge in [-0.25, -0.2) is 0 Å². The van der Waals surface area contributed by atoms with Crippen LogP contribution in [0, 0.1) is 5.92 Å². The Morgan fingerprint density at radius 1 is 0.724 bits per heavy atom. The van der Waals surface area contributed by atoms with Crippen LogP contribution in [0.25, 0.3) is 29.0 Å². The van der Waals surface area contributed by atoms with Crippen LogP contribution in [-0.2, 0) is 0 Å². The highest BCUT2D eigenvalue weighted by Crippen LogP contribution is 2.55. The van der Waals surface area contributed by atoms with Gasteiger partial charge in [0, 0.05) is 0 Å². The Bertz CT molecular complexity index is 746. The number of fused-ring (bicyclic) bond motifs is 5. The minimum atomic E-state index is 0.725. The van der Waals surface area contributed by atoms with Crippen molar-refractivity contribution in [3.05, 3.63) is 65.8 Å². The van der Waals surface area contributed by atoms with Gasteiger partial charge in [0.2, 0.25) is 0 Å². The van der Waals surface area contributed by atoms with Crippen LogP contribution >= 0.6 is 0 Å². The number of benzene rings is 2. The Balaban J connectivity index is 0. The van der Waals surface area contributed by atoms with Gasteiger partial charge in [-0.1, -0.05) is 131 Å². The van der Waals surface area contributed by atoms with Crippen LogP contribution in [0.1, 0.15) is 104 Å². The number of allylic oxidation sites excluding steroid dienone is 1.